The number of anilines is 1. The highest BCUT2D eigenvalue weighted by atomic mass is 19.1. The highest BCUT2D eigenvalue weighted by Gasteiger charge is 2.31. The summed E-state index contributed by atoms with van der Waals surface area (Å²) in [4.78, 5) is 19.2. The Morgan fingerprint density at radius 1 is 1.55 bits per heavy atom. The zero-order chi connectivity index (χ0) is 14.3. The summed E-state index contributed by atoms with van der Waals surface area (Å²) < 4.78 is 18.6. The van der Waals surface area contributed by atoms with Gasteiger partial charge in [-0.2, -0.15) is 4.98 Å². The Hall–Kier alpha value is -2.11. The second-order valence-electron chi connectivity index (χ2n) is 5.28. The van der Waals surface area contributed by atoms with E-state index in [0.29, 0.717) is 23.0 Å². The molecule has 1 fully saturated rings. The maximum absolute atomic E-state index is 13.1. The van der Waals surface area contributed by atoms with Gasteiger partial charge in [-0.1, -0.05) is 0 Å². The second-order valence-corrected chi connectivity index (χ2v) is 5.28. The summed E-state index contributed by atoms with van der Waals surface area (Å²) in [6, 6.07) is 4.84. The molecule has 1 aromatic carbocycles. The lowest BCUT2D eigenvalue weighted by atomic mass is 10.0. The van der Waals surface area contributed by atoms with Gasteiger partial charge in [-0.05, 0) is 12.1 Å². The van der Waals surface area contributed by atoms with E-state index < -0.39 is 0 Å². The van der Waals surface area contributed by atoms with Crippen LogP contribution in [0.15, 0.2) is 22.6 Å². The van der Waals surface area contributed by atoms with Gasteiger partial charge in [0.05, 0.1) is 0 Å². The Morgan fingerprint density at radius 2 is 2.30 bits per heavy atom. The van der Waals surface area contributed by atoms with Crippen LogP contribution in [0.1, 0.15) is 6.92 Å². The van der Waals surface area contributed by atoms with Crippen LogP contribution in [0.25, 0.3) is 11.1 Å². The Kier molecular flexibility index (Phi) is 3.08. The number of benzene rings is 1. The number of rotatable bonds is 3. The number of carbonyl (C=O) groups is 1. The van der Waals surface area contributed by atoms with Gasteiger partial charge in [0.15, 0.2) is 5.58 Å². The minimum absolute atomic E-state index is 0.0702. The number of oxazole rings is 1. The van der Waals surface area contributed by atoms with E-state index >= 15 is 0 Å². The van der Waals surface area contributed by atoms with E-state index in [1.807, 2.05) is 4.90 Å². The first-order valence-corrected chi connectivity index (χ1v) is 6.55. The summed E-state index contributed by atoms with van der Waals surface area (Å²) >= 11 is 0. The largest absolute Gasteiger partial charge is 0.423 e. The average Bonchev–Trinajstić information content (AvgIpc) is 2.74. The quantitative estimate of drug-likeness (QED) is 0.859. The van der Waals surface area contributed by atoms with Crippen LogP contribution < -0.4 is 4.90 Å². The van der Waals surface area contributed by atoms with E-state index in [9.17, 15) is 9.18 Å². The molecule has 0 bridgehead atoms. The molecule has 0 aliphatic carbocycles. The molecule has 2 aromatic rings. The van der Waals surface area contributed by atoms with Crippen LogP contribution >= 0.6 is 0 Å². The summed E-state index contributed by atoms with van der Waals surface area (Å²) in [7, 11) is 1.80. The Labute approximate surface area is 116 Å². The first kappa shape index (κ1) is 12.9. The zero-order valence-electron chi connectivity index (χ0n) is 11.5. The Bertz CT molecular complexity index is 649. The average molecular weight is 277 g/mol. The van der Waals surface area contributed by atoms with Crippen molar-refractivity contribution in [3.05, 3.63) is 24.0 Å². The Balaban J connectivity index is 1.65. The van der Waals surface area contributed by atoms with Crippen LogP contribution in [-0.4, -0.2) is 42.5 Å². The molecule has 0 saturated carbocycles. The molecule has 1 aliphatic rings. The van der Waals surface area contributed by atoms with Crippen molar-refractivity contribution >= 4 is 23.0 Å². The van der Waals surface area contributed by atoms with Gasteiger partial charge in [-0.3, -0.25) is 4.79 Å². The van der Waals surface area contributed by atoms with Crippen molar-refractivity contribution in [1.82, 2.24) is 9.88 Å². The molecule has 0 unspecified atom stereocenters. The number of carbonyl (C=O) groups excluding carboxylic acids is 1. The maximum Gasteiger partial charge on any atom is 0.298 e. The molecule has 1 aromatic heterocycles. The number of amides is 1. The maximum atomic E-state index is 13.1. The molecule has 5 nitrogen and oxygen atoms in total. The van der Waals surface area contributed by atoms with E-state index in [0.717, 1.165) is 19.6 Å². The van der Waals surface area contributed by atoms with Gasteiger partial charge in [0.25, 0.3) is 6.01 Å². The van der Waals surface area contributed by atoms with E-state index in [1.165, 1.54) is 12.1 Å². The van der Waals surface area contributed by atoms with Gasteiger partial charge < -0.3 is 14.2 Å². The van der Waals surface area contributed by atoms with E-state index in [1.54, 1.807) is 24.9 Å². The molecule has 2 heterocycles. The van der Waals surface area contributed by atoms with Crippen LogP contribution in [-0.2, 0) is 4.79 Å². The lowest BCUT2D eigenvalue weighted by Crippen LogP contribution is -2.51. The summed E-state index contributed by atoms with van der Waals surface area (Å²) in [5.74, 6) is 0.168. The van der Waals surface area contributed by atoms with Gasteiger partial charge in [0.2, 0.25) is 5.91 Å². The van der Waals surface area contributed by atoms with Crippen LogP contribution in [0, 0.1) is 11.7 Å². The predicted octanol–water partition coefficient (Wildman–Crippen LogP) is 1.88. The predicted molar refractivity (Wildman–Crippen MR) is 73.0 cm³/mol. The third kappa shape index (κ3) is 2.33. The van der Waals surface area contributed by atoms with Gasteiger partial charge in [-0.25, -0.2) is 4.39 Å². The molecule has 0 atom stereocenters. The molecule has 3 rings (SSSR count). The third-order valence-corrected chi connectivity index (χ3v) is 3.64. The number of halogens is 1. The fraction of sp³-hybridized carbons (Fsp3) is 0.429. The van der Waals surface area contributed by atoms with Crippen molar-refractivity contribution in [2.45, 2.75) is 6.92 Å². The van der Waals surface area contributed by atoms with Gasteiger partial charge in [-0.15, -0.1) is 0 Å². The van der Waals surface area contributed by atoms with Crippen LogP contribution in [0.3, 0.4) is 0 Å². The fourth-order valence-corrected chi connectivity index (χ4v) is 2.38. The van der Waals surface area contributed by atoms with Crippen molar-refractivity contribution in [2.75, 3.05) is 31.6 Å². The van der Waals surface area contributed by atoms with Crippen molar-refractivity contribution in [3.63, 3.8) is 0 Å². The minimum atomic E-state index is -0.329. The normalized spacial score (nSPS) is 15.4. The molecular weight excluding hydrogens is 261 g/mol. The summed E-state index contributed by atoms with van der Waals surface area (Å²) in [5, 5.41) is 0. The molecule has 6 heteroatoms. The lowest BCUT2D eigenvalue weighted by molar-refractivity contribution is -0.128. The minimum Gasteiger partial charge on any atom is -0.423 e. The van der Waals surface area contributed by atoms with E-state index in [-0.39, 0.29) is 11.7 Å². The van der Waals surface area contributed by atoms with Crippen LogP contribution in [0.4, 0.5) is 10.4 Å². The van der Waals surface area contributed by atoms with Crippen LogP contribution in [0.5, 0.6) is 0 Å². The molecule has 1 aliphatic heterocycles. The number of fused-ring (bicyclic) bond motifs is 1. The summed E-state index contributed by atoms with van der Waals surface area (Å²) in [6.45, 7) is 3.90. The Morgan fingerprint density at radius 3 is 3.00 bits per heavy atom. The first-order valence-electron chi connectivity index (χ1n) is 6.55. The third-order valence-electron chi connectivity index (χ3n) is 3.64. The van der Waals surface area contributed by atoms with Gasteiger partial charge in [0, 0.05) is 45.6 Å². The molecule has 0 spiro atoms. The summed E-state index contributed by atoms with van der Waals surface area (Å²) in [6.07, 6.45) is 0. The number of hydrogen-bond donors (Lipinski definition) is 0. The smallest absolute Gasteiger partial charge is 0.298 e. The topological polar surface area (TPSA) is 49.6 Å². The van der Waals surface area contributed by atoms with Gasteiger partial charge >= 0.3 is 0 Å². The zero-order valence-corrected chi connectivity index (χ0v) is 11.5. The second kappa shape index (κ2) is 4.77. The monoisotopic (exact) mass is 277 g/mol. The molecule has 0 N–H and O–H groups in total. The van der Waals surface area contributed by atoms with Gasteiger partial charge in [0.1, 0.15) is 11.3 Å². The SMILES string of the molecule is CC(=O)N(C)CC1CN(c2nc3ccc(F)cc3o2)C1. The number of aromatic nitrogens is 1. The van der Waals surface area contributed by atoms with Crippen LogP contribution in [0.2, 0.25) is 0 Å². The number of hydrogen-bond acceptors (Lipinski definition) is 4. The molecule has 0 radical (unpaired) electrons. The highest BCUT2D eigenvalue weighted by Crippen LogP contribution is 2.28. The fourth-order valence-electron chi connectivity index (χ4n) is 2.38. The van der Waals surface area contributed by atoms with Crippen molar-refractivity contribution in [1.29, 1.82) is 0 Å². The molecule has 20 heavy (non-hydrogen) atoms. The standard InChI is InChI=1S/C14H16FN3O2/c1-9(19)17(2)6-10-7-18(8-10)14-16-12-4-3-11(15)5-13(12)20-14/h3-5,10H,6-8H2,1-2H3. The van der Waals surface area contributed by atoms with Crippen molar-refractivity contribution in [2.24, 2.45) is 5.92 Å². The molecule has 1 amide bonds. The van der Waals surface area contributed by atoms with Crippen molar-refractivity contribution in [3.8, 4) is 0 Å². The highest BCUT2D eigenvalue weighted by molar-refractivity contribution is 5.74. The van der Waals surface area contributed by atoms with Crippen molar-refractivity contribution < 1.29 is 13.6 Å². The molecule has 106 valence electrons. The molecule has 1 saturated heterocycles. The first-order chi connectivity index (χ1) is 9.52. The van der Waals surface area contributed by atoms with E-state index in [4.69, 9.17) is 4.42 Å². The lowest BCUT2D eigenvalue weighted by Gasteiger charge is -2.39. The number of nitrogens with zero attached hydrogens (tertiary/aromatic N) is 3. The summed E-state index contributed by atoms with van der Waals surface area (Å²) in [5.41, 5.74) is 1.12. The molecular formula is C14H16FN3O2. The van der Waals surface area contributed by atoms with E-state index in [2.05, 4.69) is 4.98 Å².